The van der Waals surface area contributed by atoms with E-state index in [4.69, 9.17) is 0 Å². The minimum atomic E-state index is 0. The van der Waals surface area contributed by atoms with Crippen LogP contribution in [0, 0.1) is 0 Å². The Kier molecular flexibility index (Phi) is 1090. The Hall–Kier alpha value is 1.36. The number of rotatable bonds is 0. The Morgan fingerprint density at radius 1 is 0.400 bits per heavy atom. The fourth-order valence-electron chi connectivity index (χ4n) is 0. The summed E-state index contributed by atoms with van der Waals surface area (Å²) in [5, 5.41) is 0. The summed E-state index contributed by atoms with van der Waals surface area (Å²) in [6.07, 6.45) is 0. The average molecular weight is 264 g/mol. The van der Waals surface area contributed by atoms with Gasteiger partial charge in [-0.25, -0.2) is 0 Å². The molecular formula is Ag2O3-6. The first-order chi connectivity index (χ1) is 0. The van der Waals surface area contributed by atoms with Crippen molar-refractivity contribution in [3.05, 3.63) is 0 Å². The third-order valence-corrected chi connectivity index (χ3v) is 0. The molecule has 0 aliphatic heterocycles. The summed E-state index contributed by atoms with van der Waals surface area (Å²) in [4.78, 5) is 0. The zero-order valence-electron chi connectivity index (χ0n) is 1.83. The molecule has 3 nitrogen and oxygen atoms in total. The van der Waals surface area contributed by atoms with Crippen LogP contribution in [0.5, 0.6) is 0 Å². The molecule has 0 aromatic rings. The molecule has 0 bridgehead atoms. The molecule has 0 aromatic carbocycles. The van der Waals surface area contributed by atoms with E-state index >= 15 is 0 Å². The molecule has 5 heteroatoms. The van der Waals surface area contributed by atoms with E-state index in [1.165, 1.54) is 0 Å². The summed E-state index contributed by atoms with van der Waals surface area (Å²) < 4.78 is 0. The monoisotopic (exact) mass is 262 g/mol. The van der Waals surface area contributed by atoms with Crippen LogP contribution in [0.25, 0.3) is 0 Å². The van der Waals surface area contributed by atoms with E-state index in [1.807, 2.05) is 0 Å². The first-order valence-corrected chi connectivity index (χ1v) is 0. The van der Waals surface area contributed by atoms with Crippen LogP contribution in [0.4, 0.5) is 0 Å². The van der Waals surface area contributed by atoms with E-state index in [1.54, 1.807) is 0 Å². The molecule has 2 radical (unpaired) electrons. The Balaban J connectivity index is 0. The van der Waals surface area contributed by atoms with Gasteiger partial charge in [-0.1, -0.05) is 0 Å². The summed E-state index contributed by atoms with van der Waals surface area (Å²) in [7, 11) is 0. The minimum absolute atomic E-state index is 0. The van der Waals surface area contributed by atoms with Crippen LogP contribution >= 0.6 is 0 Å². The SMILES string of the molecule is [Ag].[Ag].[O-2].[O-2].[O-2]. The van der Waals surface area contributed by atoms with Gasteiger partial charge in [0.25, 0.3) is 0 Å². The van der Waals surface area contributed by atoms with Crippen LogP contribution in [0.3, 0.4) is 0 Å². The minimum Gasteiger partial charge on any atom is -2.00 e. The van der Waals surface area contributed by atoms with Crippen molar-refractivity contribution in [3.8, 4) is 0 Å². The Morgan fingerprint density at radius 3 is 0.400 bits per heavy atom. The molecule has 46 valence electrons. The van der Waals surface area contributed by atoms with Crippen LogP contribution in [-0.4, -0.2) is 0 Å². The van der Waals surface area contributed by atoms with Crippen molar-refractivity contribution in [3.63, 3.8) is 0 Å². The van der Waals surface area contributed by atoms with Gasteiger partial charge < -0.3 is 16.4 Å². The molecule has 0 unspecified atom stereocenters. The second-order valence-electron chi connectivity index (χ2n) is 0. The zero-order valence-corrected chi connectivity index (χ0v) is 4.79. The maximum absolute atomic E-state index is 0. The molecule has 0 atom stereocenters. The summed E-state index contributed by atoms with van der Waals surface area (Å²) in [6, 6.07) is 0. The van der Waals surface area contributed by atoms with Gasteiger partial charge in [-0.2, -0.15) is 0 Å². The molecular weight excluding hydrogens is 264 g/mol. The van der Waals surface area contributed by atoms with Gasteiger partial charge in [0.2, 0.25) is 0 Å². The zero-order chi connectivity index (χ0) is 0. The topological polar surface area (TPSA) is 85.5 Å². The van der Waals surface area contributed by atoms with Crippen LogP contribution in [0.2, 0.25) is 0 Å². The van der Waals surface area contributed by atoms with E-state index in [2.05, 4.69) is 0 Å². The average Bonchev–Trinajstić information content (AvgIpc) is 0. The third-order valence-electron chi connectivity index (χ3n) is 0. The quantitative estimate of drug-likeness (QED) is 0.535. The Bertz CT molecular complexity index is 4.85. The molecule has 0 amide bonds. The predicted molar refractivity (Wildman–Crippen MR) is 2.06 cm³/mol. The third kappa shape index (κ3) is 32.7. The molecule has 0 saturated heterocycles. The van der Waals surface area contributed by atoms with Crippen molar-refractivity contribution < 1.29 is 61.2 Å². The van der Waals surface area contributed by atoms with Crippen molar-refractivity contribution in [2.75, 3.05) is 0 Å². The number of hydrogen-bond donors (Lipinski definition) is 0. The Labute approximate surface area is 61.1 Å². The van der Waals surface area contributed by atoms with Crippen LogP contribution in [-0.2, 0) is 61.2 Å². The molecule has 0 fully saturated rings. The van der Waals surface area contributed by atoms with Gasteiger partial charge in [0.05, 0.1) is 0 Å². The van der Waals surface area contributed by atoms with Crippen LogP contribution < -0.4 is 0 Å². The normalized spacial score (nSPS) is 0. The fourth-order valence-corrected chi connectivity index (χ4v) is 0. The van der Waals surface area contributed by atoms with Gasteiger partial charge in [-0.15, -0.1) is 0 Å². The van der Waals surface area contributed by atoms with Gasteiger partial charge in [-0.05, 0) is 0 Å². The molecule has 0 saturated carbocycles. The molecule has 0 heterocycles. The van der Waals surface area contributed by atoms with Crippen molar-refractivity contribution in [2.45, 2.75) is 0 Å². The fraction of sp³-hybridized carbons (Fsp3) is 0. The number of hydrogen-bond acceptors (Lipinski definition) is 0. The van der Waals surface area contributed by atoms with Gasteiger partial charge in [0.1, 0.15) is 0 Å². The smallest absolute Gasteiger partial charge is 0 e. The van der Waals surface area contributed by atoms with E-state index < -0.39 is 0 Å². The molecule has 0 N–H and O–H groups in total. The van der Waals surface area contributed by atoms with Crippen molar-refractivity contribution >= 4 is 0 Å². The van der Waals surface area contributed by atoms with Crippen molar-refractivity contribution in [1.82, 2.24) is 0 Å². The largest absolute Gasteiger partial charge is 2.00 e. The van der Waals surface area contributed by atoms with Crippen LogP contribution in [0.1, 0.15) is 0 Å². The molecule has 0 aromatic heterocycles. The van der Waals surface area contributed by atoms with Crippen LogP contribution in [0.15, 0.2) is 0 Å². The molecule has 0 rings (SSSR count). The molecule has 0 aliphatic rings. The molecule has 5 heavy (non-hydrogen) atoms. The summed E-state index contributed by atoms with van der Waals surface area (Å²) in [5.41, 5.74) is 0. The van der Waals surface area contributed by atoms with Crippen molar-refractivity contribution in [2.24, 2.45) is 0 Å². The summed E-state index contributed by atoms with van der Waals surface area (Å²) in [6.45, 7) is 0. The first-order valence-electron chi connectivity index (χ1n) is 0. The van der Waals surface area contributed by atoms with Gasteiger partial charge in [-0.3, -0.25) is 0 Å². The standard InChI is InChI=1S/2Ag.3O/q;;3*-2. The van der Waals surface area contributed by atoms with Gasteiger partial charge in [0, 0.05) is 44.8 Å². The second-order valence-corrected chi connectivity index (χ2v) is 0. The first kappa shape index (κ1) is 98.7. The second kappa shape index (κ2) is 55.1. The predicted octanol–water partition coefficient (Wildman–Crippen LogP) is -0.361. The van der Waals surface area contributed by atoms with E-state index in [0.717, 1.165) is 0 Å². The summed E-state index contributed by atoms with van der Waals surface area (Å²) in [5.74, 6) is 0. The maximum atomic E-state index is 0. The maximum Gasteiger partial charge on any atom is 0 e. The van der Waals surface area contributed by atoms with E-state index in [9.17, 15) is 0 Å². The van der Waals surface area contributed by atoms with Crippen molar-refractivity contribution in [1.29, 1.82) is 0 Å². The molecule has 0 aliphatic carbocycles. The van der Waals surface area contributed by atoms with E-state index in [-0.39, 0.29) is 61.2 Å². The van der Waals surface area contributed by atoms with Gasteiger partial charge in [0.15, 0.2) is 0 Å². The molecule has 0 spiro atoms. The summed E-state index contributed by atoms with van der Waals surface area (Å²) >= 11 is 0. The van der Waals surface area contributed by atoms with E-state index in [0.29, 0.717) is 0 Å². The van der Waals surface area contributed by atoms with Gasteiger partial charge >= 0.3 is 0 Å². The Morgan fingerprint density at radius 2 is 0.400 bits per heavy atom.